The largest absolute Gasteiger partial charge is 0.456 e. The molecular weight excluding hydrogens is 248 g/mol. The number of carbonyl (C=O) groups is 1. The van der Waals surface area contributed by atoms with Crippen LogP contribution in [0.25, 0.3) is 6.08 Å². The molecule has 0 aliphatic rings. The van der Waals surface area contributed by atoms with Gasteiger partial charge < -0.3 is 4.74 Å². The van der Waals surface area contributed by atoms with Crippen LogP contribution in [0.4, 0.5) is 0 Å². The van der Waals surface area contributed by atoms with Gasteiger partial charge in [0.15, 0.2) is 0 Å². The van der Waals surface area contributed by atoms with Gasteiger partial charge in [-0.25, -0.2) is 4.79 Å². The SMILES string of the molecule is CC(C)(C)OC(=O)c1ccccc1C=CCCCl. The molecule has 0 atom stereocenters. The molecule has 0 radical (unpaired) electrons. The summed E-state index contributed by atoms with van der Waals surface area (Å²) in [6, 6.07) is 7.39. The zero-order chi connectivity index (χ0) is 13.6. The van der Waals surface area contributed by atoms with E-state index in [1.807, 2.05) is 51.1 Å². The molecule has 0 aromatic heterocycles. The summed E-state index contributed by atoms with van der Waals surface area (Å²) in [5, 5.41) is 0. The number of esters is 1. The molecule has 0 aliphatic carbocycles. The van der Waals surface area contributed by atoms with Crippen LogP contribution in [0.5, 0.6) is 0 Å². The van der Waals surface area contributed by atoms with Gasteiger partial charge in [-0.3, -0.25) is 0 Å². The minimum absolute atomic E-state index is 0.298. The van der Waals surface area contributed by atoms with E-state index >= 15 is 0 Å². The van der Waals surface area contributed by atoms with Gasteiger partial charge >= 0.3 is 5.97 Å². The Labute approximate surface area is 114 Å². The summed E-state index contributed by atoms with van der Waals surface area (Å²) in [6.45, 7) is 5.57. The third-order valence-electron chi connectivity index (χ3n) is 2.15. The van der Waals surface area contributed by atoms with Crippen LogP contribution < -0.4 is 0 Å². The third kappa shape index (κ3) is 4.92. The second kappa shape index (κ2) is 6.60. The summed E-state index contributed by atoms with van der Waals surface area (Å²) >= 11 is 5.61. The predicted octanol–water partition coefficient (Wildman–Crippen LogP) is 4.28. The second-order valence-electron chi connectivity index (χ2n) is 4.97. The lowest BCUT2D eigenvalue weighted by Crippen LogP contribution is -2.24. The minimum atomic E-state index is -0.482. The van der Waals surface area contributed by atoms with Crippen LogP contribution in [-0.4, -0.2) is 17.5 Å². The van der Waals surface area contributed by atoms with E-state index in [1.54, 1.807) is 6.07 Å². The topological polar surface area (TPSA) is 26.3 Å². The zero-order valence-electron chi connectivity index (χ0n) is 11.1. The molecule has 0 fully saturated rings. The smallest absolute Gasteiger partial charge is 0.339 e. The van der Waals surface area contributed by atoms with E-state index in [0.717, 1.165) is 12.0 Å². The Bertz CT molecular complexity index is 430. The number of carbonyl (C=O) groups excluding carboxylic acids is 1. The lowest BCUT2D eigenvalue weighted by atomic mass is 10.1. The molecule has 2 nitrogen and oxygen atoms in total. The maximum atomic E-state index is 12.0. The molecule has 0 spiro atoms. The normalized spacial score (nSPS) is 11.8. The van der Waals surface area contributed by atoms with Crippen LogP contribution in [0.3, 0.4) is 0 Å². The molecule has 1 aromatic rings. The van der Waals surface area contributed by atoms with Crippen molar-refractivity contribution in [2.75, 3.05) is 5.88 Å². The Morgan fingerprint density at radius 2 is 2.00 bits per heavy atom. The summed E-state index contributed by atoms with van der Waals surface area (Å²) < 4.78 is 5.37. The summed E-state index contributed by atoms with van der Waals surface area (Å²) in [4.78, 5) is 12.0. The fourth-order valence-corrected chi connectivity index (χ4v) is 1.56. The van der Waals surface area contributed by atoms with Gasteiger partial charge in [0.2, 0.25) is 0 Å². The van der Waals surface area contributed by atoms with E-state index in [-0.39, 0.29) is 5.97 Å². The number of rotatable bonds is 4. The van der Waals surface area contributed by atoms with Crippen molar-refractivity contribution in [3.05, 3.63) is 41.5 Å². The first-order valence-corrected chi connectivity index (χ1v) is 6.52. The lowest BCUT2D eigenvalue weighted by Gasteiger charge is -2.20. The van der Waals surface area contributed by atoms with Crippen molar-refractivity contribution in [1.82, 2.24) is 0 Å². The second-order valence-corrected chi connectivity index (χ2v) is 5.35. The quantitative estimate of drug-likeness (QED) is 0.600. The Balaban J connectivity index is 2.91. The standard InChI is InChI=1S/C15H19ClO2/c1-15(2,3)18-14(17)13-10-5-4-8-12(13)9-6-7-11-16/h4-6,8-10H,7,11H2,1-3H3. The molecule has 18 heavy (non-hydrogen) atoms. The third-order valence-corrected chi connectivity index (χ3v) is 2.37. The Morgan fingerprint density at radius 3 is 2.61 bits per heavy atom. The van der Waals surface area contributed by atoms with Crippen LogP contribution in [0, 0.1) is 0 Å². The maximum absolute atomic E-state index is 12.0. The van der Waals surface area contributed by atoms with E-state index < -0.39 is 5.60 Å². The van der Waals surface area contributed by atoms with E-state index in [2.05, 4.69) is 0 Å². The van der Waals surface area contributed by atoms with Crippen LogP contribution in [0.2, 0.25) is 0 Å². The average Bonchev–Trinajstić information content (AvgIpc) is 2.27. The number of allylic oxidation sites excluding steroid dienone is 1. The van der Waals surface area contributed by atoms with Crippen molar-refractivity contribution in [3.8, 4) is 0 Å². The number of ether oxygens (including phenoxy) is 1. The first kappa shape index (κ1) is 14.8. The Kier molecular flexibility index (Phi) is 5.42. The van der Waals surface area contributed by atoms with E-state index in [1.165, 1.54) is 0 Å². The first-order chi connectivity index (χ1) is 8.44. The van der Waals surface area contributed by atoms with Gasteiger partial charge in [-0.05, 0) is 38.8 Å². The van der Waals surface area contributed by atoms with Crippen LogP contribution in [-0.2, 0) is 4.74 Å². The molecule has 0 saturated heterocycles. The maximum Gasteiger partial charge on any atom is 0.339 e. The summed E-state index contributed by atoms with van der Waals surface area (Å²) in [6.07, 6.45) is 4.64. The van der Waals surface area contributed by atoms with Gasteiger partial charge in [-0.15, -0.1) is 11.6 Å². The molecule has 3 heteroatoms. The van der Waals surface area contributed by atoms with Gasteiger partial charge in [-0.1, -0.05) is 30.4 Å². The van der Waals surface area contributed by atoms with Crippen molar-refractivity contribution < 1.29 is 9.53 Å². The van der Waals surface area contributed by atoms with Gasteiger partial charge in [-0.2, -0.15) is 0 Å². The van der Waals surface area contributed by atoms with Gasteiger partial charge in [0.1, 0.15) is 5.60 Å². The zero-order valence-corrected chi connectivity index (χ0v) is 11.8. The van der Waals surface area contributed by atoms with Crippen LogP contribution >= 0.6 is 11.6 Å². The van der Waals surface area contributed by atoms with Crippen molar-refractivity contribution in [2.24, 2.45) is 0 Å². The molecular formula is C15H19ClO2. The van der Waals surface area contributed by atoms with Gasteiger partial charge in [0, 0.05) is 5.88 Å². The molecule has 0 heterocycles. The molecule has 0 amide bonds. The average molecular weight is 267 g/mol. The minimum Gasteiger partial charge on any atom is -0.456 e. The van der Waals surface area contributed by atoms with Crippen molar-refractivity contribution in [2.45, 2.75) is 32.8 Å². The highest BCUT2D eigenvalue weighted by atomic mass is 35.5. The van der Waals surface area contributed by atoms with Crippen molar-refractivity contribution >= 4 is 23.6 Å². The number of benzene rings is 1. The highest BCUT2D eigenvalue weighted by Crippen LogP contribution is 2.16. The Morgan fingerprint density at radius 1 is 1.33 bits per heavy atom. The van der Waals surface area contributed by atoms with Gasteiger partial charge in [0.05, 0.1) is 5.56 Å². The van der Waals surface area contributed by atoms with Crippen molar-refractivity contribution in [3.63, 3.8) is 0 Å². The number of hydrogen-bond donors (Lipinski definition) is 0. The van der Waals surface area contributed by atoms with Crippen LogP contribution in [0.1, 0.15) is 43.1 Å². The predicted molar refractivity (Wildman–Crippen MR) is 76.0 cm³/mol. The van der Waals surface area contributed by atoms with Crippen molar-refractivity contribution in [1.29, 1.82) is 0 Å². The first-order valence-electron chi connectivity index (χ1n) is 5.99. The van der Waals surface area contributed by atoms with E-state index in [0.29, 0.717) is 11.4 Å². The molecule has 98 valence electrons. The number of alkyl halides is 1. The lowest BCUT2D eigenvalue weighted by molar-refractivity contribution is 0.00693. The van der Waals surface area contributed by atoms with Gasteiger partial charge in [0.25, 0.3) is 0 Å². The highest BCUT2D eigenvalue weighted by Gasteiger charge is 2.19. The molecule has 1 aromatic carbocycles. The number of hydrogen-bond acceptors (Lipinski definition) is 2. The molecule has 0 bridgehead atoms. The summed E-state index contributed by atoms with van der Waals surface area (Å²) in [5.41, 5.74) is 0.958. The molecule has 0 aliphatic heterocycles. The summed E-state index contributed by atoms with van der Waals surface area (Å²) in [5.74, 6) is 0.277. The number of halogens is 1. The van der Waals surface area contributed by atoms with Crippen LogP contribution in [0.15, 0.2) is 30.3 Å². The van der Waals surface area contributed by atoms with E-state index in [4.69, 9.17) is 16.3 Å². The fraction of sp³-hybridized carbons (Fsp3) is 0.400. The molecule has 0 saturated carbocycles. The molecule has 0 N–H and O–H groups in total. The molecule has 1 rings (SSSR count). The Hall–Kier alpha value is -1.28. The summed E-state index contributed by atoms with van der Waals surface area (Å²) in [7, 11) is 0. The van der Waals surface area contributed by atoms with E-state index in [9.17, 15) is 4.79 Å². The fourth-order valence-electron chi connectivity index (χ4n) is 1.43. The molecule has 0 unspecified atom stereocenters. The monoisotopic (exact) mass is 266 g/mol. The highest BCUT2D eigenvalue weighted by molar-refractivity contribution is 6.17.